The topological polar surface area (TPSA) is 105 Å². The largest absolute Gasteiger partial charge is 0.379 e. The van der Waals surface area contributed by atoms with Gasteiger partial charge in [0.2, 0.25) is 15.9 Å². The van der Waals surface area contributed by atoms with E-state index in [0.717, 1.165) is 6.07 Å². The van der Waals surface area contributed by atoms with Crippen molar-refractivity contribution in [3.63, 3.8) is 0 Å². The Kier molecular flexibility index (Phi) is 8.14. The maximum atomic E-state index is 13.2. The van der Waals surface area contributed by atoms with E-state index in [9.17, 15) is 22.4 Å². The van der Waals surface area contributed by atoms with Crippen molar-refractivity contribution in [3.05, 3.63) is 34.1 Å². The Labute approximate surface area is 165 Å². The van der Waals surface area contributed by atoms with Gasteiger partial charge in [0.25, 0.3) is 5.91 Å². The van der Waals surface area contributed by atoms with Crippen LogP contribution in [0.3, 0.4) is 0 Å². The van der Waals surface area contributed by atoms with Gasteiger partial charge in [0.05, 0.1) is 24.5 Å². The van der Waals surface area contributed by atoms with Crippen LogP contribution in [-0.4, -0.2) is 69.7 Å². The smallest absolute Gasteiger partial charge is 0.252 e. The number of hydrogen-bond acceptors (Lipinski definition) is 5. The van der Waals surface area contributed by atoms with Crippen LogP contribution < -0.4 is 10.6 Å². The summed E-state index contributed by atoms with van der Waals surface area (Å²) in [6.07, 6.45) is -0.0176. The van der Waals surface area contributed by atoms with Crippen molar-refractivity contribution in [1.29, 1.82) is 0 Å². The van der Waals surface area contributed by atoms with Crippen molar-refractivity contribution >= 4 is 37.8 Å². The molecular weight excluding hydrogens is 445 g/mol. The van der Waals surface area contributed by atoms with Gasteiger partial charge in [-0.2, -0.15) is 4.31 Å². The Morgan fingerprint density at radius 2 is 1.89 bits per heavy atom. The highest BCUT2D eigenvalue weighted by molar-refractivity contribution is 9.10. The van der Waals surface area contributed by atoms with Gasteiger partial charge in [-0.3, -0.25) is 9.59 Å². The fraction of sp³-hybridized carbons (Fsp3) is 0.500. The summed E-state index contributed by atoms with van der Waals surface area (Å²) < 4.78 is 44.3. The quantitative estimate of drug-likeness (QED) is 0.581. The van der Waals surface area contributed by atoms with E-state index in [1.807, 2.05) is 0 Å². The molecule has 11 heteroatoms. The zero-order valence-electron chi connectivity index (χ0n) is 14.5. The van der Waals surface area contributed by atoms with E-state index in [0.29, 0.717) is 30.8 Å². The number of carbonyl (C=O) groups is 2. The molecular formula is C16H21BrFN3O5S. The van der Waals surface area contributed by atoms with E-state index in [2.05, 4.69) is 26.6 Å². The number of hydrogen-bond donors (Lipinski definition) is 2. The average Bonchev–Trinajstić information content (AvgIpc) is 2.64. The molecule has 8 nitrogen and oxygen atoms in total. The molecule has 27 heavy (non-hydrogen) atoms. The molecule has 1 aliphatic heterocycles. The Morgan fingerprint density at radius 1 is 1.19 bits per heavy atom. The molecule has 0 atom stereocenters. The maximum Gasteiger partial charge on any atom is 0.252 e. The number of sulfonamides is 1. The van der Waals surface area contributed by atoms with Crippen molar-refractivity contribution in [2.75, 3.05) is 45.1 Å². The lowest BCUT2D eigenvalue weighted by molar-refractivity contribution is -0.120. The lowest BCUT2D eigenvalue weighted by Crippen LogP contribution is -2.44. The molecule has 1 aliphatic rings. The molecule has 0 saturated carbocycles. The summed E-state index contributed by atoms with van der Waals surface area (Å²) in [7, 11) is -3.43. The van der Waals surface area contributed by atoms with E-state index in [-0.39, 0.29) is 36.7 Å². The van der Waals surface area contributed by atoms with Gasteiger partial charge >= 0.3 is 0 Å². The third kappa shape index (κ3) is 6.83. The first kappa shape index (κ1) is 21.7. The number of morpholine rings is 1. The van der Waals surface area contributed by atoms with E-state index < -0.39 is 21.7 Å². The molecule has 1 aromatic carbocycles. The summed E-state index contributed by atoms with van der Waals surface area (Å²) in [4.78, 5) is 23.8. The standard InChI is InChI=1S/C16H21BrFN3O5S/c17-14-2-1-12(18)11-13(14)16(23)20-4-3-15(22)19-5-10-27(24,25)21-6-8-26-9-7-21/h1-2,11H,3-10H2,(H,19,22)(H,20,23). The van der Waals surface area contributed by atoms with Crippen molar-refractivity contribution in [3.8, 4) is 0 Å². The Morgan fingerprint density at radius 3 is 2.59 bits per heavy atom. The Bertz CT molecular complexity index is 784. The summed E-state index contributed by atoms with van der Waals surface area (Å²) in [5.41, 5.74) is 0.131. The molecule has 2 amide bonds. The zero-order valence-corrected chi connectivity index (χ0v) is 16.9. The summed E-state index contributed by atoms with van der Waals surface area (Å²) in [6, 6.07) is 3.74. The number of benzene rings is 1. The SMILES string of the molecule is O=C(CCNC(=O)c1cc(F)ccc1Br)NCCS(=O)(=O)N1CCOCC1. The molecule has 1 heterocycles. The second-order valence-corrected chi connectivity index (χ2v) is 8.75. The minimum atomic E-state index is -3.43. The van der Waals surface area contributed by atoms with Crippen LogP contribution >= 0.6 is 15.9 Å². The molecule has 0 radical (unpaired) electrons. The molecule has 1 fully saturated rings. The van der Waals surface area contributed by atoms with Crippen LogP contribution in [0.1, 0.15) is 16.8 Å². The van der Waals surface area contributed by atoms with Crippen LogP contribution in [0, 0.1) is 5.82 Å². The number of rotatable bonds is 8. The lowest BCUT2D eigenvalue weighted by atomic mass is 10.2. The van der Waals surface area contributed by atoms with E-state index in [1.54, 1.807) is 0 Å². The van der Waals surface area contributed by atoms with Crippen molar-refractivity contribution in [2.45, 2.75) is 6.42 Å². The molecule has 0 spiro atoms. The number of halogens is 2. The van der Waals surface area contributed by atoms with Gasteiger partial charge in [-0.1, -0.05) is 0 Å². The molecule has 2 rings (SSSR count). The number of nitrogens with zero attached hydrogens (tertiary/aromatic N) is 1. The highest BCUT2D eigenvalue weighted by Crippen LogP contribution is 2.17. The third-order valence-corrected chi connectivity index (χ3v) is 6.42. The van der Waals surface area contributed by atoms with Gasteiger partial charge in [0.1, 0.15) is 5.82 Å². The fourth-order valence-corrected chi connectivity index (χ4v) is 4.17. The third-order valence-electron chi connectivity index (χ3n) is 3.86. The van der Waals surface area contributed by atoms with Gasteiger partial charge < -0.3 is 15.4 Å². The van der Waals surface area contributed by atoms with Gasteiger partial charge in [-0.05, 0) is 34.1 Å². The first-order valence-corrected chi connectivity index (χ1v) is 10.8. The summed E-state index contributed by atoms with van der Waals surface area (Å²) in [5.74, 6) is -1.63. The highest BCUT2D eigenvalue weighted by atomic mass is 79.9. The van der Waals surface area contributed by atoms with Crippen LogP contribution in [-0.2, 0) is 19.6 Å². The molecule has 0 aliphatic carbocycles. The minimum Gasteiger partial charge on any atom is -0.379 e. The van der Waals surface area contributed by atoms with E-state index in [1.165, 1.54) is 16.4 Å². The van der Waals surface area contributed by atoms with Crippen LogP contribution in [0.15, 0.2) is 22.7 Å². The van der Waals surface area contributed by atoms with Crippen LogP contribution in [0.5, 0.6) is 0 Å². The van der Waals surface area contributed by atoms with Gasteiger partial charge in [0.15, 0.2) is 0 Å². The number of amides is 2. The lowest BCUT2D eigenvalue weighted by Gasteiger charge is -2.26. The van der Waals surface area contributed by atoms with Crippen molar-refractivity contribution in [2.24, 2.45) is 0 Å². The second-order valence-electron chi connectivity index (χ2n) is 5.81. The number of carbonyl (C=O) groups excluding carboxylic acids is 2. The molecule has 1 aromatic rings. The summed E-state index contributed by atoms with van der Waals surface area (Å²) >= 11 is 3.16. The van der Waals surface area contributed by atoms with Crippen LogP contribution in [0.25, 0.3) is 0 Å². The molecule has 150 valence electrons. The monoisotopic (exact) mass is 465 g/mol. The zero-order chi connectivity index (χ0) is 19.9. The Balaban J connectivity index is 1.69. The van der Waals surface area contributed by atoms with Crippen molar-refractivity contribution in [1.82, 2.24) is 14.9 Å². The van der Waals surface area contributed by atoms with E-state index in [4.69, 9.17) is 4.74 Å². The molecule has 1 saturated heterocycles. The van der Waals surface area contributed by atoms with Gasteiger partial charge in [-0.25, -0.2) is 12.8 Å². The van der Waals surface area contributed by atoms with Crippen molar-refractivity contribution < 1.29 is 27.1 Å². The fourth-order valence-electron chi connectivity index (χ4n) is 2.42. The average molecular weight is 466 g/mol. The molecule has 0 bridgehead atoms. The normalized spacial score (nSPS) is 15.3. The highest BCUT2D eigenvalue weighted by Gasteiger charge is 2.23. The van der Waals surface area contributed by atoms with Gasteiger partial charge in [-0.15, -0.1) is 0 Å². The number of nitrogens with one attached hydrogen (secondary N) is 2. The summed E-state index contributed by atoms with van der Waals surface area (Å²) in [5, 5.41) is 5.03. The van der Waals surface area contributed by atoms with Gasteiger partial charge in [0, 0.05) is 37.1 Å². The minimum absolute atomic E-state index is 0.0120. The predicted octanol–water partition coefficient (Wildman–Crippen LogP) is 0.486. The predicted molar refractivity (Wildman–Crippen MR) is 100 cm³/mol. The molecule has 2 N–H and O–H groups in total. The summed E-state index contributed by atoms with van der Waals surface area (Å²) in [6.45, 7) is 1.40. The second kappa shape index (κ2) is 10.1. The maximum absolute atomic E-state index is 13.2. The first-order valence-electron chi connectivity index (χ1n) is 8.35. The molecule has 0 unspecified atom stereocenters. The van der Waals surface area contributed by atoms with E-state index >= 15 is 0 Å². The van der Waals surface area contributed by atoms with Crippen LogP contribution in [0.2, 0.25) is 0 Å². The Hall–Kier alpha value is -1.56. The van der Waals surface area contributed by atoms with Crippen LogP contribution in [0.4, 0.5) is 4.39 Å². The number of ether oxygens (including phenoxy) is 1. The first-order chi connectivity index (χ1) is 12.8. The molecule has 0 aromatic heterocycles.